The van der Waals surface area contributed by atoms with E-state index < -0.39 is 0 Å². The van der Waals surface area contributed by atoms with Gasteiger partial charge in [-0.3, -0.25) is 19.3 Å². The summed E-state index contributed by atoms with van der Waals surface area (Å²) in [5.41, 5.74) is 9.71. The molecule has 3 aliphatic heterocycles. The van der Waals surface area contributed by atoms with Gasteiger partial charge in [-0.2, -0.15) is 0 Å². The molecule has 3 amide bonds. The maximum Gasteiger partial charge on any atom is 0.255 e. The average Bonchev–Trinajstić information content (AvgIpc) is 3.57. The van der Waals surface area contributed by atoms with E-state index in [4.69, 9.17) is 4.74 Å². The Morgan fingerprint density at radius 3 is 2.19 bits per heavy atom. The molecule has 9 nitrogen and oxygen atoms in total. The first-order valence-electron chi connectivity index (χ1n) is 21.4. The van der Waals surface area contributed by atoms with Crippen LogP contribution in [-0.2, 0) is 48.4 Å². The molecule has 0 aliphatic carbocycles. The van der Waals surface area contributed by atoms with E-state index in [0.29, 0.717) is 50.1 Å². The third kappa shape index (κ3) is 9.21. The zero-order valence-corrected chi connectivity index (χ0v) is 34.6. The van der Waals surface area contributed by atoms with Crippen LogP contribution in [0.25, 0.3) is 11.3 Å². The molecule has 4 heterocycles. The Balaban J connectivity index is 1.31. The molecular formula is C48H61N5O4. The number of unbranched alkanes of at least 4 members (excludes halogenated alkanes) is 2. The second-order valence-corrected chi connectivity index (χ2v) is 16.3. The van der Waals surface area contributed by atoms with Crippen LogP contribution in [0.1, 0.15) is 101 Å². The molecule has 302 valence electrons. The van der Waals surface area contributed by atoms with Gasteiger partial charge in [-0.15, -0.1) is 0 Å². The zero-order valence-electron chi connectivity index (χ0n) is 34.6. The van der Waals surface area contributed by atoms with Crippen LogP contribution < -0.4 is 0 Å². The van der Waals surface area contributed by atoms with E-state index in [9.17, 15) is 9.59 Å². The van der Waals surface area contributed by atoms with Crippen LogP contribution in [-0.4, -0.2) is 100 Å². The first-order valence-corrected chi connectivity index (χ1v) is 21.4. The molecule has 0 spiro atoms. The molecule has 3 aliphatic rings. The lowest BCUT2D eigenvalue weighted by atomic mass is 9.89. The van der Waals surface area contributed by atoms with Gasteiger partial charge >= 0.3 is 0 Å². The highest BCUT2D eigenvalue weighted by molar-refractivity contribution is 6.03. The summed E-state index contributed by atoms with van der Waals surface area (Å²) < 4.78 is 7.96. The van der Waals surface area contributed by atoms with Crippen LogP contribution in [0.5, 0.6) is 0 Å². The highest BCUT2D eigenvalue weighted by Gasteiger charge is 2.33. The van der Waals surface area contributed by atoms with Gasteiger partial charge in [0, 0.05) is 87.5 Å². The predicted octanol–water partition coefficient (Wildman–Crippen LogP) is 7.55. The Bertz CT molecular complexity index is 2030. The van der Waals surface area contributed by atoms with Crippen molar-refractivity contribution in [1.82, 2.24) is 24.2 Å². The molecule has 4 aromatic rings. The van der Waals surface area contributed by atoms with Crippen LogP contribution >= 0.6 is 0 Å². The largest absolute Gasteiger partial charge is 0.379 e. The van der Waals surface area contributed by atoms with E-state index in [2.05, 4.69) is 79.6 Å². The fraction of sp³-hybridized carbons (Fsp3) is 0.479. The Morgan fingerprint density at radius 2 is 1.47 bits per heavy atom. The Labute approximate surface area is 339 Å². The van der Waals surface area contributed by atoms with Gasteiger partial charge in [0.15, 0.2) is 0 Å². The van der Waals surface area contributed by atoms with Crippen LogP contribution in [0, 0.1) is 6.92 Å². The van der Waals surface area contributed by atoms with Crippen molar-refractivity contribution in [1.29, 1.82) is 0 Å². The zero-order chi connectivity index (χ0) is 39.9. The standard InChI is InChI=1S/C48H61N5O4/c1-5-7-19-50(20-8-6-2)47(55)42-32-45(52(36(42)4)23-22-49-24-26-57-27-25-49)43-30-39-18-21-51(46(54)29-37-14-10-9-11-15-37)33-41(39)31-44(43)48(56)53-34-40-17-13-12-16-38(40)28-35(53)3/h9-17,30-32,35H,5-8,18-29,33-34H2,1-4H3/t35-/m1/s1. The predicted molar refractivity (Wildman–Crippen MR) is 226 cm³/mol. The molecular weight excluding hydrogens is 711 g/mol. The van der Waals surface area contributed by atoms with Gasteiger partial charge < -0.3 is 24.0 Å². The fourth-order valence-electron chi connectivity index (χ4n) is 8.82. The number of aromatic nitrogens is 1. The highest BCUT2D eigenvalue weighted by Crippen LogP contribution is 2.36. The van der Waals surface area contributed by atoms with Crippen molar-refractivity contribution >= 4 is 17.7 Å². The van der Waals surface area contributed by atoms with Crippen LogP contribution in [0.2, 0.25) is 0 Å². The molecule has 3 aromatic carbocycles. The fourth-order valence-corrected chi connectivity index (χ4v) is 8.82. The normalized spacial score (nSPS) is 16.9. The topological polar surface area (TPSA) is 78.3 Å². The lowest BCUT2D eigenvalue weighted by molar-refractivity contribution is -0.131. The minimum absolute atomic E-state index is 0.0119. The van der Waals surface area contributed by atoms with Gasteiger partial charge in [-0.05, 0) is 85.5 Å². The summed E-state index contributed by atoms with van der Waals surface area (Å²) in [4.78, 5) is 51.8. The average molecular weight is 772 g/mol. The maximum atomic E-state index is 15.2. The SMILES string of the molecule is CCCCN(CCCC)C(=O)c1cc(-c2cc3c(cc2C(=O)N2Cc4ccccc4C[C@H]2C)CN(C(=O)Cc2ccccc2)CC3)n(CCN2CCOCC2)c1C. The van der Waals surface area contributed by atoms with Crippen molar-refractivity contribution in [3.8, 4) is 11.3 Å². The van der Waals surface area contributed by atoms with Crippen LogP contribution in [0.3, 0.4) is 0 Å². The number of nitrogens with zero attached hydrogens (tertiary/aromatic N) is 5. The third-order valence-electron chi connectivity index (χ3n) is 12.4. The molecule has 1 saturated heterocycles. The van der Waals surface area contributed by atoms with Crippen molar-refractivity contribution in [3.05, 3.63) is 117 Å². The summed E-state index contributed by atoms with van der Waals surface area (Å²) in [6.45, 7) is 16.4. The van der Waals surface area contributed by atoms with Crippen molar-refractivity contribution in [2.45, 2.75) is 98.3 Å². The number of amides is 3. The van der Waals surface area contributed by atoms with E-state index in [1.165, 1.54) is 11.1 Å². The molecule has 0 unspecified atom stereocenters. The molecule has 7 rings (SSSR count). The molecule has 1 aromatic heterocycles. The highest BCUT2D eigenvalue weighted by atomic mass is 16.5. The Kier molecular flexibility index (Phi) is 13.3. The van der Waals surface area contributed by atoms with Gasteiger partial charge in [-0.1, -0.05) is 81.3 Å². The Morgan fingerprint density at radius 1 is 0.772 bits per heavy atom. The molecule has 1 atom stereocenters. The van der Waals surface area contributed by atoms with Crippen LogP contribution in [0.4, 0.5) is 0 Å². The van der Waals surface area contributed by atoms with Gasteiger partial charge in [0.2, 0.25) is 5.91 Å². The second kappa shape index (κ2) is 18.7. The lowest BCUT2D eigenvalue weighted by Crippen LogP contribution is -2.43. The number of hydrogen-bond donors (Lipinski definition) is 0. The first kappa shape index (κ1) is 40.5. The number of ether oxygens (including phenoxy) is 1. The molecule has 0 radical (unpaired) electrons. The lowest BCUT2D eigenvalue weighted by Gasteiger charge is -2.36. The van der Waals surface area contributed by atoms with E-state index in [-0.39, 0.29) is 23.8 Å². The smallest absolute Gasteiger partial charge is 0.255 e. The van der Waals surface area contributed by atoms with Gasteiger partial charge in [0.25, 0.3) is 11.8 Å². The summed E-state index contributed by atoms with van der Waals surface area (Å²) in [6, 6.07) is 24.7. The number of rotatable bonds is 14. The first-order chi connectivity index (χ1) is 27.7. The second-order valence-electron chi connectivity index (χ2n) is 16.3. The van der Waals surface area contributed by atoms with Crippen LogP contribution in [0.15, 0.2) is 72.8 Å². The van der Waals surface area contributed by atoms with Crippen molar-refractivity contribution in [2.75, 3.05) is 52.5 Å². The molecule has 0 N–H and O–H groups in total. The maximum absolute atomic E-state index is 15.2. The third-order valence-corrected chi connectivity index (χ3v) is 12.4. The van der Waals surface area contributed by atoms with E-state index >= 15 is 4.79 Å². The quantitative estimate of drug-likeness (QED) is 0.132. The summed E-state index contributed by atoms with van der Waals surface area (Å²) in [6.07, 6.45) is 5.82. The number of fused-ring (bicyclic) bond motifs is 2. The summed E-state index contributed by atoms with van der Waals surface area (Å²) >= 11 is 0. The molecule has 1 fully saturated rings. The number of morpholine rings is 1. The molecule has 9 heteroatoms. The van der Waals surface area contributed by atoms with E-state index in [1.807, 2.05) is 45.0 Å². The molecule has 0 saturated carbocycles. The Hall–Kier alpha value is -4.73. The van der Waals surface area contributed by atoms with Gasteiger partial charge in [0.1, 0.15) is 0 Å². The van der Waals surface area contributed by atoms with E-state index in [1.54, 1.807) is 0 Å². The summed E-state index contributed by atoms with van der Waals surface area (Å²) in [5, 5.41) is 0. The minimum Gasteiger partial charge on any atom is -0.379 e. The van der Waals surface area contributed by atoms with E-state index in [0.717, 1.165) is 112 Å². The van der Waals surface area contributed by atoms with Crippen molar-refractivity contribution in [3.63, 3.8) is 0 Å². The number of benzene rings is 3. The van der Waals surface area contributed by atoms with Gasteiger partial charge in [-0.25, -0.2) is 0 Å². The summed E-state index contributed by atoms with van der Waals surface area (Å²) in [7, 11) is 0. The van der Waals surface area contributed by atoms with Crippen molar-refractivity contribution in [2.24, 2.45) is 0 Å². The molecule has 0 bridgehead atoms. The van der Waals surface area contributed by atoms with Gasteiger partial charge in [0.05, 0.1) is 25.2 Å². The molecule has 57 heavy (non-hydrogen) atoms. The monoisotopic (exact) mass is 771 g/mol. The number of hydrogen-bond acceptors (Lipinski definition) is 5. The van der Waals surface area contributed by atoms with Crippen molar-refractivity contribution < 1.29 is 19.1 Å². The number of carbonyl (C=O) groups excluding carboxylic acids is 3. The summed E-state index contributed by atoms with van der Waals surface area (Å²) in [5.74, 6) is 0.151. The number of carbonyl (C=O) groups is 3. The minimum atomic E-state index is -0.0125.